The predicted octanol–water partition coefficient (Wildman–Crippen LogP) is 4.17. The van der Waals surface area contributed by atoms with Gasteiger partial charge in [-0.1, -0.05) is 6.07 Å². The van der Waals surface area contributed by atoms with Crippen LogP contribution in [0.3, 0.4) is 0 Å². The van der Waals surface area contributed by atoms with Crippen LogP contribution < -0.4 is 4.90 Å². The van der Waals surface area contributed by atoms with E-state index < -0.39 is 11.7 Å². The van der Waals surface area contributed by atoms with Gasteiger partial charge in [0.2, 0.25) is 0 Å². The first-order chi connectivity index (χ1) is 11.4. The van der Waals surface area contributed by atoms with Crippen LogP contribution in [0, 0.1) is 11.3 Å². The maximum atomic E-state index is 12.9. The summed E-state index contributed by atoms with van der Waals surface area (Å²) in [4.78, 5) is 14.2. The molecule has 1 heterocycles. The van der Waals surface area contributed by atoms with Crippen molar-refractivity contribution in [1.29, 1.82) is 5.26 Å². The molecule has 3 nitrogen and oxygen atoms in total. The van der Waals surface area contributed by atoms with E-state index in [1.807, 2.05) is 6.07 Å². The lowest BCUT2D eigenvalue weighted by atomic mass is 9.98. The number of halogens is 3. The molecule has 0 radical (unpaired) electrons. The van der Waals surface area contributed by atoms with Gasteiger partial charge in [-0.3, -0.25) is 4.79 Å². The molecular formula is C18H13F3N2O. The smallest absolute Gasteiger partial charge is 0.308 e. The molecule has 0 spiro atoms. The lowest BCUT2D eigenvalue weighted by molar-refractivity contribution is -0.137. The van der Waals surface area contributed by atoms with Gasteiger partial charge in [-0.05, 0) is 54.8 Å². The number of anilines is 1. The van der Waals surface area contributed by atoms with Gasteiger partial charge in [0.15, 0.2) is 0 Å². The Balaban J connectivity index is 1.97. The molecular weight excluding hydrogens is 317 g/mol. The number of amides is 1. The molecule has 0 saturated carbocycles. The summed E-state index contributed by atoms with van der Waals surface area (Å²) in [6.07, 6.45) is -3.30. The van der Waals surface area contributed by atoms with Gasteiger partial charge >= 0.3 is 6.18 Å². The molecule has 0 unspecified atom stereocenters. The van der Waals surface area contributed by atoms with Crippen molar-refractivity contribution in [2.75, 3.05) is 11.4 Å². The summed E-state index contributed by atoms with van der Waals surface area (Å²) in [5.74, 6) is -0.312. The van der Waals surface area contributed by atoms with Crippen molar-refractivity contribution < 1.29 is 18.0 Å². The summed E-state index contributed by atoms with van der Waals surface area (Å²) in [7, 11) is 0. The fourth-order valence-electron chi connectivity index (χ4n) is 2.86. The van der Waals surface area contributed by atoms with E-state index in [1.54, 1.807) is 18.2 Å². The van der Waals surface area contributed by atoms with E-state index in [0.717, 1.165) is 12.1 Å². The van der Waals surface area contributed by atoms with E-state index in [2.05, 4.69) is 0 Å². The number of fused-ring (bicyclic) bond motifs is 1. The minimum absolute atomic E-state index is 0.312. The van der Waals surface area contributed by atoms with Gasteiger partial charge in [0.1, 0.15) is 0 Å². The number of hydrogen-bond donors (Lipinski definition) is 0. The number of aryl methyl sites for hydroxylation is 1. The van der Waals surface area contributed by atoms with Crippen LogP contribution in [0.2, 0.25) is 0 Å². The third kappa shape index (κ3) is 2.98. The molecule has 0 aromatic heterocycles. The van der Waals surface area contributed by atoms with Crippen LogP contribution in [-0.2, 0) is 12.6 Å². The van der Waals surface area contributed by atoms with Gasteiger partial charge in [-0.25, -0.2) is 0 Å². The summed E-state index contributed by atoms with van der Waals surface area (Å²) >= 11 is 0. The molecule has 2 aromatic carbocycles. The Labute approximate surface area is 136 Å². The number of nitrogens with zero attached hydrogens (tertiary/aromatic N) is 2. The number of hydrogen-bond acceptors (Lipinski definition) is 2. The van der Waals surface area contributed by atoms with Crippen molar-refractivity contribution in [3.63, 3.8) is 0 Å². The van der Waals surface area contributed by atoms with Gasteiger partial charge in [0.05, 0.1) is 17.2 Å². The second kappa shape index (κ2) is 6.00. The van der Waals surface area contributed by atoms with E-state index in [-0.39, 0.29) is 5.91 Å². The van der Waals surface area contributed by atoms with Gasteiger partial charge in [-0.2, -0.15) is 18.4 Å². The van der Waals surface area contributed by atoms with E-state index in [0.29, 0.717) is 41.8 Å². The van der Waals surface area contributed by atoms with Crippen LogP contribution in [-0.4, -0.2) is 12.5 Å². The summed E-state index contributed by atoms with van der Waals surface area (Å²) in [6, 6.07) is 11.7. The van der Waals surface area contributed by atoms with Crippen LogP contribution in [0.25, 0.3) is 0 Å². The molecule has 1 amide bonds. The Morgan fingerprint density at radius 3 is 2.67 bits per heavy atom. The molecule has 0 saturated heterocycles. The monoisotopic (exact) mass is 330 g/mol. The minimum atomic E-state index is -4.40. The number of carbonyl (C=O) groups is 1. The predicted molar refractivity (Wildman–Crippen MR) is 82.6 cm³/mol. The Hall–Kier alpha value is -2.81. The number of benzene rings is 2. The molecule has 0 bridgehead atoms. The molecule has 122 valence electrons. The normalized spacial score (nSPS) is 14.0. The Kier molecular flexibility index (Phi) is 4.02. The molecule has 1 aliphatic rings. The van der Waals surface area contributed by atoms with E-state index >= 15 is 0 Å². The highest BCUT2D eigenvalue weighted by molar-refractivity contribution is 6.07. The molecule has 6 heteroatoms. The molecule has 1 aliphatic heterocycles. The van der Waals surface area contributed by atoms with Crippen molar-refractivity contribution >= 4 is 11.6 Å². The van der Waals surface area contributed by atoms with E-state index in [1.165, 1.54) is 17.0 Å². The Bertz CT molecular complexity index is 837. The molecule has 3 rings (SSSR count). The molecule has 0 aliphatic carbocycles. The zero-order chi connectivity index (χ0) is 17.3. The zero-order valence-corrected chi connectivity index (χ0v) is 12.6. The first-order valence-electron chi connectivity index (χ1n) is 7.42. The molecule has 0 N–H and O–H groups in total. The molecule has 2 aromatic rings. The fourth-order valence-corrected chi connectivity index (χ4v) is 2.86. The molecule has 0 fully saturated rings. The summed E-state index contributed by atoms with van der Waals surface area (Å²) in [5.41, 5.74) is 1.02. The number of nitriles is 1. The van der Waals surface area contributed by atoms with Crippen LogP contribution in [0.1, 0.15) is 33.5 Å². The van der Waals surface area contributed by atoms with Gasteiger partial charge in [0.25, 0.3) is 5.91 Å². The minimum Gasteiger partial charge on any atom is -0.308 e. The lowest BCUT2D eigenvalue weighted by Gasteiger charge is -2.30. The van der Waals surface area contributed by atoms with Crippen molar-refractivity contribution in [3.05, 3.63) is 64.7 Å². The second-order valence-electron chi connectivity index (χ2n) is 5.59. The van der Waals surface area contributed by atoms with E-state index in [9.17, 15) is 18.0 Å². The van der Waals surface area contributed by atoms with Crippen molar-refractivity contribution in [2.24, 2.45) is 0 Å². The largest absolute Gasteiger partial charge is 0.416 e. The topological polar surface area (TPSA) is 44.1 Å². The van der Waals surface area contributed by atoms with Gasteiger partial charge < -0.3 is 4.90 Å². The van der Waals surface area contributed by atoms with E-state index in [4.69, 9.17) is 5.26 Å². The van der Waals surface area contributed by atoms with Crippen molar-refractivity contribution in [3.8, 4) is 6.07 Å². The SMILES string of the molecule is N#Cc1cccc(C(=O)N2CCCc3cc(C(F)(F)F)ccc32)c1. The van der Waals surface area contributed by atoms with Crippen LogP contribution in [0.5, 0.6) is 0 Å². The third-order valence-corrected chi connectivity index (χ3v) is 4.01. The quantitative estimate of drug-likeness (QED) is 0.788. The van der Waals surface area contributed by atoms with Gasteiger partial charge in [0, 0.05) is 17.8 Å². The number of rotatable bonds is 1. The zero-order valence-electron chi connectivity index (χ0n) is 12.6. The summed E-state index contributed by atoms with van der Waals surface area (Å²) in [5, 5.41) is 8.94. The standard InChI is InChI=1S/C18H13F3N2O/c19-18(20,21)15-6-7-16-13(10-15)5-2-8-23(16)17(24)14-4-1-3-12(9-14)11-22/h1,3-4,6-7,9-10H,2,5,8H2. The first kappa shape index (κ1) is 16.1. The Morgan fingerprint density at radius 1 is 1.17 bits per heavy atom. The number of alkyl halides is 3. The van der Waals surface area contributed by atoms with Crippen molar-refractivity contribution in [2.45, 2.75) is 19.0 Å². The number of carbonyl (C=O) groups excluding carboxylic acids is 1. The maximum Gasteiger partial charge on any atom is 0.416 e. The lowest BCUT2D eigenvalue weighted by Crippen LogP contribution is -2.35. The van der Waals surface area contributed by atoms with Gasteiger partial charge in [-0.15, -0.1) is 0 Å². The van der Waals surface area contributed by atoms with Crippen molar-refractivity contribution in [1.82, 2.24) is 0 Å². The molecule has 24 heavy (non-hydrogen) atoms. The van der Waals surface area contributed by atoms with Crippen LogP contribution in [0.15, 0.2) is 42.5 Å². The van der Waals surface area contributed by atoms with Crippen LogP contribution >= 0.6 is 0 Å². The average molecular weight is 330 g/mol. The highest BCUT2D eigenvalue weighted by atomic mass is 19.4. The summed E-state index contributed by atoms with van der Waals surface area (Å²) in [6.45, 7) is 0.438. The molecule has 0 atom stereocenters. The average Bonchev–Trinajstić information content (AvgIpc) is 2.59. The maximum absolute atomic E-state index is 12.9. The fraction of sp³-hybridized carbons (Fsp3) is 0.222. The highest BCUT2D eigenvalue weighted by Gasteiger charge is 2.32. The summed E-state index contributed by atoms with van der Waals surface area (Å²) < 4.78 is 38.6. The highest BCUT2D eigenvalue weighted by Crippen LogP contribution is 2.35. The second-order valence-corrected chi connectivity index (χ2v) is 5.59. The first-order valence-corrected chi connectivity index (χ1v) is 7.42. The third-order valence-electron chi connectivity index (χ3n) is 4.01. The Morgan fingerprint density at radius 2 is 1.96 bits per heavy atom. The van der Waals surface area contributed by atoms with Crippen LogP contribution in [0.4, 0.5) is 18.9 Å².